The first kappa shape index (κ1) is 17.8. The van der Waals surface area contributed by atoms with Gasteiger partial charge in [-0.25, -0.2) is 0 Å². The van der Waals surface area contributed by atoms with E-state index < -0.39 is 0 Å². The maximum Gasteiger partial charge on any atom is 0.239 e. The van der Waals surface area contributed by atoms with Crippen molar-refractivity contribution < 1.29 is 19.1 Å². The van der Waals surface area contributed by atoms with Crippen molar-refractivity contribution in [3.8, 4) is 11.5 Å². The monoisotopic (exact) mass is 354 g/mol. The number of fused-ring (bicyclic) bond motifs is 1. The smallest absolute Gasteiger partial charge is 0.239 e. The van der Waals surface area contributed by atoms with Crippen LogP contribution < -0.4 is 20.1 Å². The lowest BCUT2D eigenvalue weighted by molar-refractivity contribution is -0.126. The number of rotatable bonds is 6. The summed E-state index contributed by atoms with van der Waals surface area (Å²) >= 11 is 0. The number of amides is 2. The van der Waals surface area contributed by atoms with Crippen molar-refractivity contribution in [2.75, 3.05) is 19.8 Å². The second-order valence-corrected chi connectivity index (χ2v) is 6.13. The summed E-state index contributed by atoms with van der Waals surface area (Å²) in [6.45, 7) is 2.89. The highest BCUT2D eigenvalue weighted by atomic mass is 16.6. The first-order valence-electron chi connectivity index (χ1n) is 8.61. The van der Waals surface area contributed by atoms with E-state index in [1.165, 1.54) is 0 Å². The van der Waals surface area contributed by atoms with Crippen LogP contribution in [0.4, 0.5) is 0 Å². The van der Waals surface area contributed by atoms with Crippen LogP contribution in [0.1, 0.15) is 24.1 Å². The minimum atomic E-state index is -0.242. The highest BCUT2D eigenvalue weighted by molar-refractivity contribution is 5.85. The van der Waals surface area contributed by atoms with Gasteiger partial charge in [-0.05, 0) is 30.2 Å². The number of ether oxygens (including phenoxy) is 2. The summed E-state index contributed by atoms with van der Waals surface area (Å²) in [4.78, 5) is 24.0. The lowest BCUT2D eigenvalue weighted by Crippen LogP contribution is -2.38. The Kier molecular flexibility index (Phi) is 5.73. The average Bonchev–Trinajstić information content (AvgIpc) is 2.67. The third kappa shape index (κ3) is 4.75. The zero-order valence-corrected chi connectivity index (χ0v) is 14.7. The van der Waals surface area contributed by atoms with Crippen LogP contribution >= 0.6 is 0 Å². The molecule has 0 aliphatic carbocycles. The molecule has 2 amide bonds. The van der Waals surface area contributed by atoms with Gasteiger partial charge in [-0.2, -0.15) is 0 Å². The van der Waals surface area contributed by atoms with Gasteiger partial charge in [-0.15, -0.1) is 0 Å². The average molecular weight is 354 g/mol. The minimum Gasteiger partial charge on any atom is -0.486 e. The Labute approximate surface area is 152 Å². The molecule has 6 heteroatoms. The van der Waals surface area contributed by atoms with Gasteiger partial charge < -0.3 is 20.1 Å². The standard InChI is InChI=1S/C20H22N2O4/c1-14(16-7-8-17-18(12-16)26-10-9-25-17)22-20(24)13-21-19(23)11-15-5-3-2-4-6-15/h2-8,12,14H,9-11,13H2,1H3,(H,21,23)(H,22,24). The van der Waals surface area contributed by atoms with Gasteiger partial charge in [-0.1, -0.05) is 36.4 Å². The topological polar surface area (TPSA) is 76.7 Å². The van der Waals surface area contributed by atoms with Crippen molar-refractivity contribution in [3.63, 3.8) is 0 Å². The van der Waals surface area contributed by atoms with E-state index in [-0.39, 0.29) is 30.8 Å². The second-order valence-electron chi connectivity index (χ2n) is 6.13. The van der Waals surface area contributed by atoms with Crippen molar-refractivity contribution in [1.82, 2.24) is 10.6 Å². The van der Waals surface area contributed by atoms with Crippen LogP contribution in [0.3, 0.4) is 0 Å². The van der Waals surface area contributed by atoms with Gasteiger partial charge in [0.2, 0.25) is 11.8 Å². The molecule has 6 nitrogen and oxygen atoms in total. The molecule has 0 radical (unpaired) electrons. The van der Waals surface area contributed by atoms with Crippen LogP contribution in [-0.4, -0.2) is 31.6 Å². The summed E-state index contributed by atoms with van der Waals surface area (Å²) < 4.78 is 11.1. The Morgan fingerprint density at radius 3 is 2.50 bits per heavy atom. The van der Waals surface area contributed by atoms with Crippen LogP contribution in [0.5, 0.6) is 11.5 Å². The van der Waals surface area contributed by atoms with E-state index in [1.807, 2.05) is 55.5 Å². The molecule has 0 saturated carbocycles. The molecular formula is C20H22N2O4. The van der Waals surface area contributed by atoms with E-state index in [9.17, 15) is 9.59 Å². The molecule has 1 unspecified atom stereocenters. The summed E-state index contributed by atoms with van der Waals surface area (Å²) in [5.41, 5.74) is 1.83. The number of hydrogen-bond acceptors (Lipinski definition) is 4. The number of hydrogen-bond donors (Lipinski definition) is 2. The number of carbonyl (C=O) groups excluding carboxylic acids is 2. The third-order valence-corrected chi connectivity index (χ3v) is 4.10. The van der Waals surface area contributed by atoms with Crippen LogP contribution in [0.25, 0.3) is 0 Å². The highest BCUT2D eigenvalue weighted by Gasteiger charge is 2.16. The second kappa shape index (κ2) is 8.38. The van der Waals surface area contributed by atoms with Crippen LogP contribution in [0, 0.1) is 0 Å². The Bertz CT molecular complexity index is 777. The largest absolute Gasteiger partial charge is 0.486 e. The van der Waals surface area contributed by atoms with E-state index in [0.717, 1.165) is 11.1 Å². The molecule has 1 aliphatic rings. The van der Waals surface area contributed by atoms with Gasteiger partial charge in [0.25, 0.3) is 0 Å². The third-order valence-electron chi connectivity index (χ3n) is 4.10. The predicted octanol–water partition coefficient (Wildman–Crippen LogP) is 1.99. The Morgan fingerprint density at radius 1 is 1.00 bits per heavy atom. The van der Waals surface area contributed by atoms with Gasteiger partial charge in [-0.3, -0.25) is 9.59 Å². The Hall–Kier alpha value is -3.02. The summed E-state index contributed by atoms with van der Waals surface area (Å²) in [5.74, 6) is 0.977. The molecule has 0 aromatic heterocycles. The molecule has 2 aromatic rings. The summed E-state index contributed by atoms with van der Waals surface area (Å²) in [6.07, 6.45) is 0.256. The van der Waals surface area contributed by atoms with Gasteiger partial charge in [0.05, 0.1) is 19.0 Å². The van der Waals surface area contributed by atoms with Crippen LogP contribution in [0.2, 0.25) is 0 Å². The summed E-state index contributed by atoms with van der Waals surface area (Å²) in [6, 6.07) is 14.8. The molecule has 0 spiro atoms. The molecule has 136 valence electrons. The molecule has 0 fully saturated rings. The van der Waals surface area contributed by atoms with Gasteiger partial charge >= 0.3 is 0 Å². The lowest BCUT2D eigenvalue weighted by atomic mass is 10.1. The van der Waals surface area contributed by atoms with Gasteiger partial charge in [0.1, 0.15) is 13.2 Å². The molecule has 3 rings (SSSR count). The SMILES string of the molecule is CC(NC(=O)CNC(=O)Cc1ccccc1)c1ccc2c(c1)OCCO2. The maximum absolute atomic E-state index is 12.1. The molecular weight excluding hydrogens is 332 g/mol. The van der Waals surface area contributed by atoms with Gasteiger partial charge in [0.15, 0.2) is 11.5 Å². The first-order chi connectivity index (χ1) is 12.6. The fraction of sp³-hybridized carbons (Fsp3) is 0.300. The number of benzene rings is 2. The van der Waals surface area contributed by atoms with Crippen molar-refractivity contribution in [1.29, 1.82) is 0 Å². The normalized spacial score (nSPS) is 13.6. The van der Waals surface area contributed by atoms with Crippen LogP contribution in [-0.2, 0) is 16.0 Å². The Morgan fingerprint density at radius 2 is 1.73 bits per heavy atom. The molecule has 2 N–H and O–H groups in total. The van der Waals surface area contributed by atoms with E-state index in [4.69, 9.17) is 9.47 Å². The molecule has 1 heterocycles. The van der Waals surface area contributed by atoms with E-state index in [2.05, 4.69) is 10.6 Å². The molecule has 1 atom stereocenters. The first-order valence-corrected chi connectivity index (χ1v) is 8.61. The zero-order valence-electron chi connectivity index (χ0n) is 14.7. The molecule has 2 aromatic carbocycles. The van der Waals surface area contributed by atoms with Crippen LogP contribution in [0.15, 0.2) is 48.5 Å². The molecule has 1 aliphatic heterocycles. The zero-order chi connectivity index (χ0) is 18.4. The number of nitrogens with one attached hydrogen (secondary N) is 2. The van der Waals surface area contributed by atoms with E-state index in [0.29, 0.717) is 24.7 Å². The lowest BCUT2D eigenvalue weighted by Gasteiger charge is -2.21. The predicted molar refractivity (Wildman–Crippen MR) is 97.1 cm³/mol. The highest BCUT2D eigenvalue weighted by Crippen LogP contribution is 2.32. The Balaban J connectivity index is 1.47. The maximum atomic E-state index is 12.1. The fourth-order valence-electron chi connectivity index (χ4n) is 2.73. The van der Waals surface area contributed by atoms with Gasteiger partial charge in [0, 0.05) is 0 Å². The summed E-state index contributed by atoms with van der Waals surface area (Å²) in [5, 5.41) is 5.51. The minimum absolute atomic E-state index is 0.0550. The quantitative estimate of drug-likeness (QED) is 0.832. The number of carbonyl (C=O) groups is 2. The molecule has 0 saturated heterocycles. The van der Waals surface area contributed by atoms with Crippen molar-refractivity contribution in [2.45, 2.75) is 19.4 Å². The van der Waals surface area contributed by atoms with E-state index >= 15 is 0 Å². The van der Waals surface area contributed by atoms with Crippen molar-refractivity contribution in [2.24, 2.45) is 0 Å². The van der Waals surface area contributed by atoms with Crippen molar-refractivity contribution in [3.05, 3.63) is 59.7 Å². The molecule has 0 bridgehead atoms. The summed E-state index contributed by atoms with van der Waals surface area (Å²) in [7, 11) is 0. The van der Waals surface area contributed by atoms with Crippen molar-refractivity contribution >= 4 is 11.8 Å². The molecule has 26 heavy (non-hydrogen) atoms. The van der Waals surface area contributed by atoms with E-state index in [1.54, 1.807) is 0 Å². The fourth-order valence-corrected chi connectivity index (χ4v) is 2.73.